The van der Waals surface area contributed by atoms with Crippen LogP contribution in [0.1, 0.15) is 5.56 Å². The summed E-state index contributed by atoms with van der Waals surface area (Å²) in [4.78, 5) is 8.24. The minimum Gasteiger partial charge on any atom is -0.504 e. The average Bonchev–Trinajstić information content (AvgIpc) is 2.43. The Balaban J connectivity index is 0.00000161. The van der Waals surface area contributed by atoms with Gasteiger partial charge in [-0.05, 0) is 6.07 Å². The number of hydrogen-bond donors (Lipinski definition) is 3. The Bertz CT molecular complexity index is 793. The molecular weight excluding hydrogens is 343 g/mol. The summed E-state index contributed by atoms with van der Waals surface area (Å²) < 4.78 is 0. The molecule has 103 valence electrons. The molecule has 1 radical (unpaired) electrons. The van der Waals surface area contributed by atoms with Gasteiger partial charge in [0.1, 0.15) is 12.1 Å². The van der Waals surface area contributed by atoms with E-state index in [2.05, 4.69) is 22.2 Å². The number of anilines is 2. The van der Waals surface area contributed by atoms with Crippen LogP contribution in [-0.2, 0) is 32.7 Å². The third kappa shape index (κ3) is 3.09. The van der Waals surface area contributed by atoms with Crippen molar-refractivity contribution in [1.82, 2.24) is 9.97 Å². The Morgan fingerprint density at radius 2 is 1.71 bits per heavy atom. The number of phenols is 2. The molecular formula is C15H12N3O2Y-. The molecule has 0 spiro atoms. The smallest absolute Gasteiger partial charge is 0.159 e. The summed E-state index contributed by atoms with van der Waals surface area (Å²) in [5.74, 6) is 0.124. The van der Waals surface area contributed by atoms with Crippen molar-refractivity contribution in [2.45, 2.75) is 0 Å². The largest absolute Gasteiger partial charge is 0.504 e. The number of aromatic nitrogens is 2. The fraction of sp³-hybridized carbons (Fsp3) is 0. The van der Waals surface area contributed by atoms with Gasteiger partial charge in [-0.25, -0.2) is 9.97 Å². The van der Waals surface area contributed by atoms with E-state index in [1.165, 1.54) is 18.5 Å². The van der Waals surface area contributed by atoms with E-state index in [9.17, 15) is 10.2 Å². The predicted octanol–water partition coefficient (Wildman–Crippen LogP) is 2.96. The van der Waals surface area contributed by atoms with Crippen LogP contribution in [0.5, 0.6) is 11.5 Å². The molecule has 0 atom stereocenters. The standard InChI is InChI=1S/C15H12N3O2.Y/c1-9-4-2-3-5-11(9)18-15-10-6-13(19)14(20)7-12(10)16-8-17-15;/h2-8,19-20H,1H2,(H,16,17,18);/q-1;. The number of para-hydroxylation sites is 1. The van der Waals surface area contributed by atoms with Crippen molar-refractivity contribution < 1.29 is 42.9 Å². The van der Waals surface area contributed by atoms with Crippen LogP contribution in [0.2, 0.25) is 0 Å². The van der Waals surface area contributed by atoms with Crippen LogP contribution in [0.4, 0.5) is 11.5 Å². The Kier molecular flexibility index (Phi) is 4.65. The topological polar surface area (TPSA) is 78.3 Å². The number of nitrogens with one attached hydrogen (secondary N) is 1. The maximum atomic E-state index is 9.62. The van der Waals surface area contributed by atoms with Crippen LogP contribution in [0, 0.1) is 6.92 Å². The molecule has 0 bridgehead atoms. The summed E-state index contributed by atoms with van der Waals surface area (Å²) in [6.07, 6.45) is 1.40. The van der Waals surface area contributed by atoms with E-state index in [0.29, 0.717) is 16.7 Å². The van der Waals surface area contributed by atoms with Gasteiger partial charge in [-0.15, -0.1) is 6.07 Å². The molecule has 1 heterocycles. The quantitative estimate of drug-likeness (QED) is 0.487. The van der Waals surface area contributed by atoms with E-state index in [4.69, 9.17) is 0 Å². The molecule has 0 saturated carbocycles. The second-order valence-electron chi connectivity index (χ2n) is 4.36. The number of phenolic OH excluding ortho intramolecular Hbond substituents is 2. The van der Waals surface area contributed by atoms with E-state index in [-0.39, 0.29) is 44.2 Å². The Morgan fingerprint density at radius 1 is 1.00 bits per heavy atom. The van der Waals surface area contributed by atoms with Crippen LogP contribution in [0.15, 0.2) is 42.7 Å². The SMILES string of the molecule is [CH2-]c1ccccc1Nc1ncnc2cc(O)c(O)cc12.[Y]. The monoisotopic (exact) mass is 355 g/mol. The molecule has 0 unspecified atom stereocenters. The van der Waals surface area contributed by atoms with E-state index < -0.39 is 0 Å². The molecule has 1 aromatic heterocycles. The summed E-state index contributed by atoms with van der Waals surface area (Å²) in [7, 11) is 0. The third-order valence-corrected chi connectivity index (χ3v) is 3.00. The Hall–Kier alpha value is -1.85. The Labute approximate surface area is 146 Å². The fourth-order valence-corrected chi connectivity index (χ4v) is 1.95. The summed E-state index contributed by atoms with van der Waals surface area (Å²) in [5.41, 5.74) is 2.20. The summed E-state index contributed by atoms with van der Waals surface area (Å²) in [5, 5.41) is 22.9. The zero-order valence-electron chi connectivity index (χ0n) is 11.1. The first kappa shape index (κ1) is 15.5. The molecule has 0 fully saturated rings. The first-order valence-electron chi connectivity index (χ1n) is 6.00. The van der Waals surface area contributed by atoms with Crippen molar-refractivity contribution in [3.8, 4) is 11.5 Å². The van der Waals surface area contributed by atoms with Gasteiger partial charge in [-0.1, -0.05) is 17.8 Å². The van der Waals surface area contributed by atoms with E-state index in [0.717, 1.165) is 11.3 Å². The number of fused-ring (bicyclic) bond motifs is 1. The van der Waals surface area contributed by atoms with E-state index >= 15 is 0 Å². The van der Waals surface area contributed by atoms with Gasteiger partial charge in [0.2, 0.25) is 0 Å². The Morgan fingerprint density at radius 3 is 2.48 bits per heavy atom. The average molecular weight is 355 g/mol. The predicted molar refractivity (Wildman–Crippen MR) is 77.1 cm³/mol. The van der Waals surface area contributed by atoms with Crippen LogP contribution < -0.4 is 5.32 Å². The molecule has 0 saturated heterocycles. The van der Waals surface area contributed by atoms with Crippen molar-refractivity contribution in [1.29, 1.82) is 0 Å². The van der Waals surface area contributed by atoms with Crippen LogP contribution >= 0.6 is 0 Å². The van der Waals surface area contributed by atoms with Crippen molar-refractivity contribution >= 4 is 22.4 Å². The molecule has 0 aliphatic heterocycles. The van der Waals surface area contributed by atoms with Gasteiger partial charge in [0.05, 0.1) is 5.52 Å². The van der Waals surface area contributed by atoms with Crippen LogP contribution in [-0.4, -0.2) is 20.2 Å². The summed E-state index contributed by atoms with van der Waals surface area (Å²) in [6.45, 7) is 3.93. The number of aromatic hydroxyl groups is 2. The second-order valence-corrected chi connectivity index (χ2v) is 4.36. The minimum absolute atomic E-state index is 0. The molecule has 0 aliphatic carbocycles. The van der Waals surface area contributed by atoms with E-state index in [1.54, 1.807) is 0 Å². The number of benzene rings is 2. The summed E-state index contributed by atoms with van der Waals surface area (Å²) >= 11 is 0. The first-order valence-corrected chi connectivity index (χ1v) is 6.00. The number of rotatable bonds is 2. The zero-order chi connectivity index (χ0) is 14.1. The van der Waals surface area contributed by atoms with Gasteiger partial charge in [0.15, 0.2) is 11.5 Å². The molecule has 21 heavy (non-hydrogen) atoms. The molecule has 3 aromatic rings. The normalized spacial score (nSPS) is 10.1. The number of hydrogen-bond acceptors (Lipinski definition) is 5. The van der Waals surface area contributed by atoms with Crippen LogP contribution in [0.25, 0.3) is 10.9 Å². The van der Waals surface area contributed by atoms with Crippen molar-refractivity contribution in [3.63, 3.8) is 0 Å². The van der Waals surface area contributed by atoms with E-state index in [1.807, 2.05) is 24.3 Å². The molecule has 0 aliphatic rings. The van der Waals surface area contributed by atoms with Gasteiger partial charge in [-0.3, -0.25) is 0 Å². The maximum absolute atomic E-state index is 9.62. The van der Waals surface area contributed by atoms with Gasteiger partial charge in [-0.2, -0.15) is 18.6 Å². The maximum Gasteiger partial charge on any atom is 0.159 e. The molecule has 3 N–H and O–H groups in total. The van der Waals surface area contributed by atoms with Gasteiger partial charge in [0.25, 0.3) is 0 Å². The molecule has 3 rings (SSSR count). The van der Waals surface area contributed by atoms with Crippen molar-refractivity contribution in [2.75, 3.05) is 5.32 Å². The van der Waals surface area contributed by atoms with Gasteiger partial charge < -0.3 is 15.5 Å². The fourth-order valence-electron chi connectivity index (χ4n) is 1.95. The number of nitrogens with zero attached hydrogens (tertiary/aromatic N) is 2. The molecule has 6 heteroatoms. The first-order chi connectivity index (χ1) is 9.65. The van der Waals surface area contributed by atoms with Crippen molar-refractivity contribution in [2.24, 2.45) is 0 Å². The molecule has 2 aromatic carbocycles. The van der Waals surface area contributed by atoms with Gasteiger partial charge >= 0.3 is 0 Å². The van der Waals surface area contributed by atoms with Crippen LogP contribution in [0.3, 0.4) is 0 Å². The summed E-state index contributed by atoms with van der Waals surface area (Å²) in [6, 6.07) is 10.4. The third-order valence-electron chi connectivity index (χ3n) is 3.00. The minimum atomic E-state index is -0.210. The van der Waals surface area contributed by atoms with Gasteiger partial charge in [0, 0.05) is 44.2 Å². The molecule has 0 amide bonds. The zero-order valence-corrected chi connectivity index (χ0v) is 14.0. The molecule has 5 nitrogen and oxygen atoms in total. The second kappa shape index (κ2) is 6.28. The van der Waals surface area contributed by atoms with Crippen molar-refractivity contribution in [3.05, 3.63) is 55.2 Å².